The number of amides is 1. The number of hydrogen-bond acceptors (Lipinski definition) is 5. The van der Waals surface area contributed by atoms with Crippen molar-refractivity contribution >= 4 is 11.6 Å². The molecule has 7 nitrogen and oxygen atoms in total. The number of ether oxygens (including phenoxy) is 2. The van der Waals surface area contributed by atoms with Gasteiger partial charge in [0.25, 0.3) is 5.91 Å². The van der Waals surface area contributed by atoms with Crippen molar-refractivity contribution in [1.29, 1.82) is 0 Å². The Kier molecular flexibility index (Phi) is 5.84. The molecule has 1 N–H and O–H groups in total. The first-order valence-corrected chi connectivity index (χ1v) is 10.4. The van der Waals surface area contributed by atoms with Crippen LogP contribution in [0.5, 0.6) is 11.5 Å². The van der Waals surface area contributed by atoms with E-state index in [9.17, 15) is 4.79 Å². The predicted octanol–water partition coefficient (Wildman–Crippen LogP) is 3.67. The zero-order valence-corrected chi connectivity index (χ0v) is 18.4. The maximum atomic E-state index is 13.0. The van der Waals surface area contributed by atoms with Gasteiger partial charge in [0.2, 0.25) is 0 Å². The lowest BCUT2D eigenvalue weighted by molar-refractivity contribution is 0.0741. The maximum Gasteiger partial charge on any atom is 0.272 e. The van der Waals surface area contributed by atoms with Crippen LogP contribution in [0.25, 0.3) is 11.3 Å². The van der Waals surface area contributed by atoms with Crippen molar-refractivity contribution in [3.8, 4) is 22.8 Å². The van der Waals surface area contributed by atoms with Crippen LogP contribution in [0.3, 0.4) is 0 Å². The molecule has 2 heterocycles. The van der Waals surface area contributed by atoms with Gasteiger partial charge in [-0.2, -0.15) is 5.10 Å². The molecule has 0 saturated carbocycles. The van der Waals surface area contributed by atoms with E-state index in [2.05, 4.69) is 47.1 Å². The number of anilines is 1. The quantitative estimate of drug-likeness (QED) is 0.682. The molecule has 2 aromatic carbocycles. The zero-order valence-electron chi connectivity index (χ0n) is 18.4. The summed E-state index contributed by atoms with van der Waals surface area (Å²) in [6, 6.07) is 13.8. The van der Waals surface area contributed by atoms with Gasteiger partial charge in [0, 0.05) is 43.5 Å². The largest absolute Gasteiger partial charge is 0.497 e. The van der Waals surface area contributed by atoms with Crippen molar-refractivity contribution in [2.75, 3.05) is 45.3 Å². The Bertz CT molecular complexity index is 1080. The molecule has 31 heavy (non-hydrogen) atoms. The van der Waals surface area contributed by atoms with E-state index >= 15 is 0 Å². The molecule has 0 unspecified atom stereocenters. The molecule has 0 aliphatic carbocycles. The summed E-state index contributed by atoms with van der Waals surface area (Å²) in [5.74, 6) is 1.31. The highest BCUT2D eigenvalue weighted by Gasteiger charge is 2.25. The first-order chi connectivity index (χ1) is 15.0. The Balaban J connectivity index is 1.46. The minimum atomic E-state index is -0.0353. The fraction of sp³-hybridized carbons (Fsp3) is 0.333. The SMILES string of the molecule is COc1ccc(-c2cc(C(=O)N3CCN(c4cc(C)ccc4C)CC3)[nH]n2)c(OC)c1. The van der Waals surface area contributed by atoms with E-state index in [-0.39, 0.29) is 5.91 Å². The first-order valence-electron chi connectivity index (χ1n) is 10.4. The van der Waals surface area contributed by atoms with Gasteiger partial charge in [-0.1, -0.05) is 12.1 Å². The summed E-state index contributed by atoms with van der Waals surface area (Å²) in [4.78, 5) is 17.3. The lowest BCUT2D eigenvalue weighted by atomic mass is 10.1. The second kappa shape index (κ2) is 8.71. The summed E-state index contributed by atoms with van der Waals surface area (Å²) in [5.41, 5.74) is 5.71. The van der Waals surface area contributed by atoms with Gasteiger partial charge < -0.3 is 19.3 Å². The number of H-pyrrole nitrogens is 1. The van der Waals surface area contributed by atoms with Gasteiger partial charge in [-0.05, 0) is 49.2 Å². The van der Waals surface area contributed by atoms with Crippen LogP contribution in [0.15, 0.2) is 42.5 Å². The Labute approximate surface area is 182 Å². The lowest BCUT2D eigenvalue weighted by Crippen LogP contribution is -2.49. The van der Waals surface area contributed by atoms with Crippen LogP contribution in [-0.2, 0) is 0 Å². The van der Waals surface area contributed by atoms with E-state index < -0.39 is 0 Å². The van der Waals surface area contributed by atoms with Crippen molar-refractivity contribution < 1.29 is 14.3 Å². The lowest BCUT2D eigenvalue weighted by Gasteiger charge is -2.36. The zero-order chi connectivity index (χ0) is 22.0. The standard InChI is InChI=1S/C24H28N4O3/c1-16-5-6-17(2)22(13-16)27-9-11-28(12-10-27)24(29)21-15-20(25-26-21)19-8-7-18(30-3)14-23(19)31-4/h5-8,13-15H,9-12H2,1-4H3,(H,25,26). The van der Waals surface area contributed by atoms with E-state index in [4.69, 9.17) is 9.47 Å². The summed E-state index contributed by atoms with van der Waals surface area (Å²) < 4.78 is 10.7. The minimum Gasteiger partial charge on any atom is -0.497 e. The van der Waals surface area contributed by atoms with Crippen molar-refractivity contribution in [1.82, 2.24) is 15.1 Å². The smallest absolute Gasteiger partial charge is 0.272 e. The first kappa shape index (κ1) is 20.8. The monoisotopic (exact) mass is 420 g/mol. The van der Waals surface area contributed by atoms with Gasteiger partial charge in [-0.15, -0.1) is 0 Å². The molecule has 1 aromatic heterocycles. The van der Waals surface area contributed by atoms with Gasteiger partial charge in [-0.3, -0.25) is 9.89 Å². The normalized spacial score (nSPS) is 13.9. The summed E-state index contributed by atoms with van der Waals surface area (Å²) >= 11 is 0. The molecule has 1 fully saturated rings. The molecule has 0 radical (unpaired) electrons. The van der Waals surface area contributed by atoms with Crippen LogP contribution in [0.1, 0.15) is 21.6 Å². The highest BCUT2D eigenvalue weighted by atomic mass is 16.5. The molecule has 1 aliphatic heterocycles. The summed E-state index contributed by atoms with van der Waals surface area (Å²) in [6.07, 6.45) is 0. The fourth-order valence-electron chi connectivity index (χ4n) is 3.96. The summed E-state index contributed by atoms with van der Waals surface area (Å²) in [6.45, 7) is 7.20. The van der Waals surface area contributed by atoms with Crippen molar-refractivity contribution in [3.63, 3.8) is 0 Å². The summed E-state index contributed by atoms with van der Waals surface area (Å²) in [7, 11) is 3.21. The van der Waals surface area contributed by atoms with E-state index in [1.54, 1.807) is 26.4 Å². The molecule has 7 heteroatoms. The third-order valence-corrected chi connectivity index (χ3v) is 5.77. The molecule has 3 aromatic rings. The molecule has 162 valence electrons. The molecule has 4 rings (SSSR count). The van der Waals surface area contributed by atoms with Gasteiger partial charge in [0.15, 0.2) is 0 Å². The van der Waals surface area contributed by atoms with Crippen LogP contribution in [0, 0.1) is 13.8 Å². The number of benzene rings is 2. The van der Waals surface area contributed by atoms with Crippen molar-refractivity contribution in [2.24, 2.45) is 0 Å². The van der Waals surface area contributed by atoms with Gasteiger partial charge in [-0.25, -0.2) is 0 Å². The van der Waals surface area contributed by atoms with E-state index in [1.807, 2.05) is 17.0 Å². The number of methoxy groups -OCH3 is 2. The van der Waals surface area contributed by atoms with Crippen molar-refractivity contribution in [3.05, 3.63) is 59.3 Å². The Morgan fingerprint density at radius 3 is 2.45 bits per heavy atom. The molecule has 0 atom stereocenters. The average Bonchev–Trinajstić information content (AvgIpc) is 3.30. The topological polar surface area (TPSA) is 70.7 Å². The van der Waals surface area contributed by atoms with Gasteiger partial charge in [0.1, 0.15) is 17.2 Å². The number of carbonyl (C=O) groups excluding carboxylic acids is 1. The molecule has 1 amide bonds. The molecule has 0 spiro atoms. The minimum absolute atomic E-state index is 0.0353. The van der Waals surface area contributed by atoms with Crippen LogP contribution in [0.4, 0.5) is 5.69 Å². The average molecular weight is 421 g/mol. The highest BCUT2D eigenvalue weighted by molar-refractivity contribution is 5.93. The van der Waals surface area contributed by atoms with Crippen LogP contribution >= 0.6 is 0 Å². The fourth-order valence-corrected chi connectivity index (χ4v) is 3.96. The highest BCUT2D eigenvalue weighted by Crippen LogP contribution is 2.32. The number of nitrogens with one attached hydrogen (secondary N) is 1. The third kappa shape index (κ3) is 4.21. The Hall–Kier alpha value is -3.48. The second-order valence-electron chi connectivity index (χ2n) is 7.80. The molecular formula is C24H28N4O3. The van der Waals surface area contributed by atoms with E-state index in [0.717, 1.165) is 18.7 Å². The molecule has 0 bridgehead atoms. The number of aryl methyl sites for hydroxylation is 2. The number of aromatic amines is 1. The third-order valence-electron chi connectivity index (χ3n) is 5.77. The number of hydrogen-bond donors (Lipinski definition) is 1. The molecule has 1 aliphatic rings. The summed E-state index contributed by atoms with van der Waals surface area (Å²) in [5, 5.41) is 7.25. The number of piperazine rings is 1. The molecular weight excluding hydrogens is 392 g/mol. The van der Waals surface area contributed by atoms with Crippen LogP contribution in [0.2, 0.25) is 0 Å². The van der Waals surface area contributed by atoms with E-state index in [0.29, 0.717) is 36.0 Å². The van der Waals surface area contributed by atoms with Crippen LogP contribution < -0.4 is 14.4 Å². The number of aromatic nitrogens is 2. The van der Waals surface area contributed by atoms with Gasteiger partial charge >= 0.3 is 0 Å². The Morgan fingerprint density at radius 2 is 1.74 bits per heavy atom. The Morgan fingerprint density at radius 1 is 0.968 bits per heavy atom. The molecule has 1 saturated heterocycles. The van der Waals surface area contributed by atoms with Crippen LogP contribution in [-0.4, -0.2) is 61.4 Å². The predicted molar refractivity (Wildman–Crippen MR) is 121 cm³/mol. The van der Waals surface area contributed by atoms with Gasteiger partial charge in [0.05, 0.1) is 19.9 Å². The van der Waals surface area contributed by atoms with Crippen molar-refractivity contribution in [2.45, 2.75) is 13.8 Å². The van der Waals surface area contributed by atoms with E-state index in [1.165, 1.54) is 16.8 Å². The number of nitrogens with zero attached hydrogens (tertiary/aromatic N) is 3. The second-order valence-corrected chi connectivity index (χ2v) is 7.80. The number of carbonyl (C=O) groups is 1. The maximum absolute atomic E-state index is 13.0. The number of rotatable bonds is 5.